The van der Waals surface area contributed by atoms with Crippen LogP contribution in [0.2, 0.25) is 0 Å². The van der Waals surface area contributed by atoms with Gasteiger partial charge in [0, 0.05) is 6.61 Å². The van der Waals surface area contributed by atoms with Crippen molar-refractivity contribution in [1.29, 1.82) is 0 Å². The summed E-state index contributed by atoms with van der Waals surface area (Å²) in [6, 6.07) is 0. The zero-order chi connectivity index (χ0) is 10.6. The molecular weight excluding hydrogens is 246 g/mol. The predicted molar refractivity (Wildman–Crippen MR) is 59.6 cm³/mol. The summed E-state index contributed by atoms with van der Waals surface area (Å²) in [5, 5.41) is 3.04. The highest BCUT2D eigenvalue weighted by Crippen LogP contribution is 2.19. The molecule has 2 unspecified atom stereocenters. The minimum atomic E-state index is -0.170. The average Bonchev–Trinajstić information content (AvgIpc) is 2.17. The lowest BCUT2D eigenvalue weighted by Crippen LogP contribution is -2.53. The molecule has 1 aliphatic heterocycles. The highest BCUT2D eigenvalue weighted by atomic mass is 79.9. The van der Waals surface area contributed by atoms with Gasteiger partial charge < -0.3 is 10.1 Å². The third-order valence-corrected chi connectivity index (χ3v) is 3.57. The predicted octanol–water partition coefficient (Wildman–Crippen LogP) is 1.85. The zero-order valence-corrected chi connectivity index (χ0v) is 10.4. The maximum absolute atomic E-state index is 11.6. The van der Waals surface area contributed by atoms with Crippen molar-refractivity contribution in [3.8, 4) is 0 Å². The molecule has 0 bridgehead atoms. The molecular formula is C10H18BrNO2. The second-order valence-corrected chi connectivity index (χ2v) is 5.19. The van der Waals surface area contributed by atoms with Crippen molar-refractivity contribution >= 4 is 21.8 Å². The van der Waals surface area contributed by atoms with Crippen molar-refractivity contribution in [1.82, 2.24) is 5.32 Å². The lowest BCUT2D eigenvalue weighted by atomic mass is 9.94. The van der Waals surface area contributed by atoms with E-state index in [1.807, 2.05) is 13.8 Å². The van der Waals surface area contributed by atoms with Crippen molar-refractivity contribution in [2.45, 2.75) is 43.5 Å². The van der Waals surface area contributed by atoms with E-state index >= 15 is 0 Å². The Hall–Kier alpha value is -0.0900. The van der Waals surface area contributed by atoms with Crippen LogP contribution < -0.4 is 5.32 Å². The molecule has 1 saturated heterocycles. The van der Waals surface area contributed by atoms with E-state index in [0.717, 1.165) is 25.9 Å². The molecule has 3 nitrogen and oxygen atoms in total. The lowest BCUT2D eigenvalue weighted by molar-refractivity contribution is -0.124. The van der Waals surface area contributed by atoms with E-state index in [1.165, 1.54) is 0 Å². The van der Waals surface area contributed by atoms with Gasteiger partial charge in [-0.1, -0.05) is 22.9 Å². The molecule has 0 saturated carbocycles. The van der Waals surface area contributed by atoms with E-state index in [9.17, 15) is 4.79 Å². The molecule has 0 spiro atoms. The van der Waals surface area contributed by atoms with Gasteiger partial charge in [-0.25, -0.2) is 0 Å². The Morgan fingerprint density at radius 3 is 2.93 bits per heavy atom. The molecule has 0 radical (unpaired) electrons. The van der Waals surface area contributed by atoms with Crippen molar-refractivity contribution in [3.63, 3.8) is 0 Å². The van der Waals surface area contributed by atoms with Gasteiger partial charge in [-0.2, -0.15) is 0 Å². The van der Waals surface area contributed by atoms with Gasteiger partial charge >= 0.3 is 0 Å². The summed E-state index contributed by atoms with van der Waals surface area (Å²) in [5.74, 6) is 0.0699. The Bertz CT molecular complexity index is 202. The van der Waals surface area contributed by atoms with Crippen LogP contribution in [0.15, 0.2) is 0 Å². The molecule has 14 heavy (non-hydrogen) atoms. The number of carbonyl (C=O) groups is 1. The van der Waals surface area contributed by atoms with E-state index < -0.39 is 0 Å². The number of ether oxygens (including phenoxy) is 1. The van der Waals surface area contributed by atoms with Crippen LogP contribution in [-0.4, -0.2) is 29.5 Å². The second kappa shape index (κ2) is 5.12. The molecule has 4 heteroatoms. The third kappa shape index (κ3) is 3.24. The van der Waals surface area contributed by atoms with Gasteiger partial charge in [0.2, 0.25) is 5.91 Å². The van der Waals surface area contributed by atoms with Gasteiger partial charge in [0.1, 0.15) is 0 Å². The van der Waals surface area contributed by atoms with Crippen LogP contribution in [0.4, 0.5) is 0 Å². The Balaban J connectivity index is 2.44. The molecule has 1 N–H and O–H groups in total. The normalized spacial score (nSPS) is 29.6. The van der Waals surface area contributed by atoms with E-state index in [0.29, 0.717) is 6.61 Å². The van der Waals surface area contributed by atoms with E-state index in [4.69, 9.17) is 4.74 Å². The van der Waals surface area contributed by atoms with Gasteiger partial charge in [-0.15, -0.1) is 0 Å². The second-order valence-electron chi connectivity index (χ2n) is 4.08. The van der Waals surface area contributed by atoms with Gasteiger partial charge in [0.25, 0.3) is 0 Å². The smallest absolute Gasteiger partial charge is 0.234 e. The first-order chi connectivity index (χ1) is 6.57. The number of rotatable bonds is 3. The number of hydrogen-bond acceptors (Lipinski definition) is 2. The van der Waals surface area contributed by atoms with Crippen LogP contribution in [0, 0.1) is 0 Å². The molecule has 0 aromatic heterocycles. The Kier molecular flexibility index (Phi) is 4.38. The maximum atomic E-state index is 11.6. The summed E-state index contributed by atoms with van der Waals surface area (Å²) in [5.41, 5.74) is -0.170. The first kappa shape index (κ1) is 12.0. The first-order valence-corrected chi connectivity index (χ1v) is 6.03. The molecule has 0 aromatic rings. The van der Waals surface area contributed by atoms with Crippen LogP contribution in [0.1, 0.15) is 33.1 Å². The molecule has 0 aromatic carbocycles. The Morgan fingerprint density at radius 2 is 2.43 bits per heavy atom. The number of carbonyl (C=O) groups excluding carboxylic acids is 1. The number of halogens is 1. The Morgan fingerprint density at radius 1 is 1.71 bits per heavy atom. The number of hydrogen-bond donors (Lipinski definition) is 1. The van der Waals surface area contributed by atoms with Crippen LogP contribution in [0.5, 0.6) is 0 Å². The summed E-state index contributed by atoms with van der Waals surface area (Å²) in [7, 11) is 0. The minimum absolute atomic E-state index is 0.0699. The summed E-state index contributed by atoms with van der Waals surface area (Å²) >= 11 is 3.34. The maximum Gasteiger partial charge on any atom is 0.234 e. The summed E-state index contributed by atoms with van der Waals surface area (Å²) in [6.07, 6.45) is 2.83. The number of amides is 1. The van der Waals surface area contributed by atoms with Crippen LogP contribution in [0.3, 0.4) is 0 Å². The summed E-state index contributed by atoms with van der Waals surface area (Å²) in [6.45, 7) is 5.47. The van der Waals surface area contributed by atoms with Gasteiger partial charge in [0.15, 0.2) is 0 Å². The minimum Gasteiger partial charge on any atom is -0.379 e. The average molecular weight is 264 g/mol. The fourth-order valence-electron chi connectivity index (χ4n) is 1.59. The molecule has 1 rings (SSSR count). The van der Waals surface area contributed by atoms with Gasteiger partial charge in [0.05, 0.1) is 17.0 Å². The summed E-state index contributed by atoms with van der Waals surface area (Å²) < 4.78 is 5.37. The molecule has 82 valence electrons. The highest BCUT2D eigenvalue weighted by molar-refractivity contribution is 9.10. The zero-order valence-electron chi connectivity index (χ0n) is 8.81. The SMILES string of the molecule is CCC(Br)C(=O)NC1(C)CCCOC1. The molecule has 0 aliphatic carbocycles. The molecule has 1 fully saturated rings. The lowest BCUT2D eigenvalue weighted by Gasteiger charge is -2.34. The van der Waals surface area contributed by atoms with E-state index in [-0.39, 0.29) is 16.3 Å². The van der Waals surface area contributed by atoms with E-state index in [2.05, 4.69) is 21.2 Å². The van der Waals surface area contributed by atoms with Crippen LogP contribution in [0.25, 0.3) is 0 Å². The van der Waals surface area contributed by atoms with Crippen molar-refractivity contribution in [2.24, 2.45) is 0 Å². The topological polar surface area (TPSA) is 38.3 Å². The van der Waals surface area contributed by atoms with Gasteiger partial charge in [-0.05, 0) is 26.2 Å². The number of alkyl halides is 1. The fourth-order valence-corrected chi connectivity index (χ4v) is 1.71. The largest absolute Gasteiger partial charge is 0.379 e. The standard InChI is InChI=1S/C10H18BrNO2/c1-3-8(11)9(13)12-10(2)5-4-6-14-7-10/h8H,3-7H2,1-2H3,(H,12,13). The van der Waals surface area contributed by atoms with Gasteiger partial charge in [-0.3, -0.25) is 4.79 Å². The molecule has 1 amide bonds. The highest BCUT2D eigenvalue weighted by Gasteiger charge is 2.30. The summed E-state index contributed by atoms with van der Waals surface area (Å²) in [4.78, 5) is 11.6. The molecule has 1 aliphatic rings. The third-order valence-electron chi connectivity index (χ3n) is 2.51. The van der Waals surface area contributed by atoms with Crippen molar-refractivity contribution < 1.29 is 9.53 Å². The Labute approximate surface area is 93.7 Å². The molecule has 1 heterocycles. The molecule has 2 atom stereocenters. The fraction of sp³-hybridized carbons (Fsp3) is 0.900. The van der Waals surface area contributed by atoms with Crippen LogP contribution in [-0.2, 0) is 9.53 Å². The van der Waals surface area contributed by atoms with Crippen LogP contribution >= 0.6 is 15.9 Å². The first-order valence-electron chi connectivity index (χ1n) is 5.11. The van der Waals surface area contributed by atoms with Crippen molar-refractivity contribution in [3.05, 3.63) is 0 Å². The van der Waals surface area contributed by atoms with Crippen molar-refractivity contribution in [2.75, 3.05) is 13.2 Å². The quantitative estimate of drug-likeness (QED) is 0.790. The van der Waals surface area contributed by atoms with E-state index in [1.54, 1.807) is 0 Å². The number of nitrogens with one attached hydrogen (secondary N) is 1. The monoisotopic (exact) mass is 263 g/mol.